The monoisotopic (exact) mass is 834 g/mol. The summed E-state index contributed by atoms with van der Waals surface area (Å²) in [7, 11) is 0. The van der Waals surface area contributed by atoms with Crippen molar-refractivity contribution >= 4 is 81.1 Å². The van der Waals surface area contributed by atoms with Crippen LogP contribution >= 0.6 is 11.3 Å². The summed E-state index contributed by atoms with van der Waals surface area (Å²) in [5.41, 5.74) is 17.0. The van der Waals surface area contributed by atoms with Crippen molar-refractivity contribution in [2.24, 2.45) is 0 Å². The highest BCUT2D eigenvalue weighted by atomic mass is 32.1. The number of rotatable bonds is 6. The first kappa shape index (κ1) is 36.9. The van der Waals surface area contributed by atoms with E-state index < -0.39 is 0 Å². The van der Waals surface area contributed by atoms with Gasteiger partial charge in [0.05, 0.1) is 16.7 Å². The number of thiophene rings is 1. The molecule has 0 atom stereocenters. The Morgan fingerprint density at radius 3 is 1.73 bits per heavy atom. The standard InChI is InChI=1S/C61H42N2S/c1-61(2)53-20-8-5-19-52(53)59-54(61)21-12-24-57(59)62(45-33-27-40(28-34-45)43-30-35-50-51-36-29-41-13-3-4-16-47(41)60(51)64-58(50)38-43)44-31-25-39(26-32-44)42-14-11-15-46(37-42)63-55-22-9-6-17-48(55)49-18-7-10-23-56(49)63/h3-38H,1-2H3. The average Bonchev–Trinajstić information content (AvgIpc) is 3.98. The third-order valence-electron chi connectivity index (χ3n) is 13.8. The molecular formula is C61H42N2S. The summed E-state index contributed by atoms with van der Waals surface area (Å²) < 4.78 is 5.07. The Morgan fingerprint density at radius 1 is 0.422 bits per heavy atom. The Bertz CT molecular complexity index is 3760. The number of benzene rings is 10. The van der Waals surface area contributed by atoms with Gasteiger partial charge in [0.15, 0.2) is 0 Å². The van der Waals surface area contributed by atoms with Gasteiger partial charge in [0.2, 0.25) is 0 Å². The minimum Gasteiger partial charge on any atom is -0.310 e. The van der Waals surface area contributed by atoms with Gasteiger partial charge in [-0.15, -0.1) is 11.3 Å². The fourth-order valence-corrected chi connectivity index (χ4v) is 11.9. The molecule has 2 aromatic heterocycles. The van der Waals surface area contributed by atoms with Crippen LogP contribution < -0.4 is 4.90 Å². The molecule has 0 saturated carbocycles. The van der Waals surface area contributed by atoms with Crippen LogP contribution in [-0.4, -0.2) is 4.57 Å². The number of hydrogen-bond donors (Lipinski definition) is 0. The zero-order chi connectivity index (χ0) is 42.5. The van der Waals surface area contributed by atoms with E-state index in [0.29, 0.717) is 0 Å². The molecule has 0 amide bonds. The van der Waals surface area contributed by atoms with Gasteiger partial charge in [0.25, 0.3) is 0 Å². The fourth-order valence-electron chi connectivity index (χ4n) is 10.7. The Hall–Kier alpha value is -7.72. The first-order valence-corrected chi connectivity index (χ1v) is 23.0. The lowest BCUT2D eigenvalue weighted by atomic mass is 9.82. The molecule has 0 unspecified atom stereocenters. The van der Waals surface area contributed by atoms with Gasteiger partial charge in [-0.05, 0) is 110 Å². The van der Waals surface area contributed by atoms with Crippen molar-refractivity contribution in [2.45, 2.75) is 19.3 Å². The van der Waals surface area contributed by atoms with Gasteiger partial charge in [-0.25, -0.2) is 0 Å². The van der Waals surface area contributed by atoms with E-state index in [1.165, 1.54) is 103 Å². The zero-order valence-corrected chi connectivity index (χ0v) is 36.4. The molecule has 3 heteroatoms. The summed E-state index contributed by atoms with van der Waals surface area (Å²) in [5, 5.41) is 7.80. The Labute approximate surface area is 376 Å². The number of nitrogens with zero attached hydrogens (tertiary/aromatic N) is 2. The minimum atomic E-state index is -0.111. The van der Waals surface area contributed by atoms with Crippen LogP contribution in [0.1, 0.15) is 25.0 Å². The van der Waals surface area contributed by atoms with Crippen molar-refractivity contribution in [1.82, 2.24) is 4.57 Å². The van der Waals surface area contributed by atoms with Crippen LogP contribution in [0.2, 0.25) is 0 Å². The lowest BCUT2D eigenvalue weighted by Crippen LogP contribution is -2.16. The highest BCUT2D eigenvalue weighted by molar-refractivity contribution is 7.26. The molecule has 0 radical (unpaired) electrons. The molecule has 2 heterocycles. The van der Waals surface area contributed by atoms with Crippen LogP contribution in [0.25, 0.3) is 91.8 Å². The molecule has 1 aliphatic rings. The molecule has 13 rings (SSSR count). The van der Waals surface area contributed by atoms with E-state index in [2.05, 4.69) is 242 Å². The highest BCUT2D eigenvalue weighted by Gasteiger charge is 2.37. The molecule has 302 valence electrons. The maximum atomic E-state index is 2.46. The van der Waals surface area contributed by atoms with Gasteiger partial charge in [-0.1, -0.05) is 172 Å². The second kappa shape index (κ2) is 14.2. The fraction of sp³-hybridized carbons (Fsp3) is 0.0492. The molecule has 0 N–H and O–H groups in total. The van der Waals surface area contributed by atoms with Crippen LogP contribution in [-0.2, 0) is 5.41 Å². The predicted octanol–water partition coefficient (Wildman–Crippen LogP) is 17.4. The third kappa shape index (κ3) is 5.57. The lowest BCUT2D eigenvalue weighted by molar-refractivity contribution is 0.660. The molecule has 1 aliphatic carbocycles. The quantitative estimate of drug-likeness (QED) is 0.162. The van der Waals surface area contributed by atoms with E-state index in [4.69, 9.17) is 0 Å². The molecule has 0 saturated heterocycles. The van der Waals surface area contributed by atoms with E-state index in [1.807, 2.05) is 11.3 Å². The molecular weight excluding hydrogens is 793 g/mol. The van der Waals surface area contributed by atoms with Crippen molar-refractivity contribution in [1.29, 1.82) is 0 Å². The average molecular weight is 835 g/mol. The second-order valence-corrected chi connectivity index (χ2v) is 18.7. The van der Waals surface area contributed by atoms with Crippen LogP contribution in [0, 0.1) is 0 Å². The van der Waals surface area contributed by atoms with Crippen molar-refractivity contribution in [2.75, 3.05) is 4.90 Å². The first-order valence-electron chi connectivity index (χ1n) is 22.2. The second-order valence-electron chi connectivity index (χ2n) is 17.7. The van der Waals surface area contributed by atoms with Gasteiger partial charge in [0, 0.05) is 59.0 Å². The van der Waals surface area contributed by atoms with Crippen LogP contribution in [0.4, 0.5) is 17.1 Å². The number of hydrogen-bond acceptors (Lipinski definition) is 2. The predicted molar refractivity (Wildman–Crippen MR) is 274 cm³/mol. The maximum absolute atomic E-state index is 2.46. The molecule has 0 spiro atoms. The van der Waals surface area contributed by atoms with Crippen molar-refractivity contribution in [3.8, 4) is 39.1 Å². The molecule has 12 aromatic rings. The van der Waals surface area contributed by atoms with Gasteiger partial charge in [0.1, 0.15) is 0 Å². The number of fused-ring (bicyclic) bond motifs is 11. The van der Waals surface area contributed by atoms with Gasteiger partial charge in [-0.2, -0.15) is 0 Å². The molecule has 0 bridgehead atoms. The normalized spacial score (nSPS) is 13.0. The Kier molecular flexibility index (Phi) is 8.16. The van der Waals surface area contributed by atoms with Crippen LogP contribution in [0.5, 0.6) is 0 Å². The van der Waals surface area contributed by atoms with Crippen molar-refractivity contribution in [3.63, 3.8) is 0 Å². The summed E-state index contributed by atoms with van der Waals surface area (Å²) in [6.45, 7) is 4.72. The van der Waals surface area contributed by atoms with Crippen molar-refractivity contribution < 1.29 is 0 Å². The SMILES string of the molecule is CC1(C)c2ccccc2-c2c(N(c3ccc(-c4cccc(-n5c6ccccc6c6ccccc65)c4)cc3)c3ccc(-c4ccc5c(c4)sc4c6ccccc6ccc54)cc3)cccc21. The summed E-state index contributed by atoms with van der Waals surface area (Å²) in [4.78, 5) is 2.46. The summed E-state index contributed by atoms with van der Waals surface area (Å²) in [6.07, 6.45) is 0. The summed E-state index contributed by atoms with van der Waals surface area (Å²) in [6, 6.07) is 80.8. The molecule has 0 aliphatic heterocycles. The smallest absolute Gasteiger partial charge is 0.0543 e. The highest BCUT2D eigenvalue weighted by Crippen LogP contribution is 2.54. The van der Waals surface area contributed by atoms with Crippen molar-refractivity contribution in [3.05, 3.63) is 230 Å². The minimum absolute atomic E-state index is 0.111. The van der Waals surface area contributed by atoms with Gasteiger partial charge < -0.3 is 9.47 Å². The van der Waals surface area contributed by atoms with Crippen LogP contribution in [0.15, 0.2) is 218 Å². The number of aromatic nitrogens is 1. The first-order chi connectivity index (χ1) is 31.5. The van der Waals surface area contributed by atoms with E-state index in [0.717, 1.165) is 17.1 Å². The van der Waals surface area contributed by atoms with E-state index in [1.54, 1.807) is 0 Å². The molecule has 0 fully saturated rings. The third-order valence-corrected chi connectivity index (χ3v) is 15.0. The van der Waals surface area contributed by atoms with Crippen LogP contribution in [0.3, 0.4) is 0 Å². The summed E-state index contributed by atoms with van der Waals surface area (Å²) >= 11 is 1.90. The largest absolute Gasteiger partial charge is 0.310 e. The summed E-state index contributed by atoms with van der Waals surface area (Å²) in [5.74, 6) is 0. The van der Waals surface area contributed by atoms with Gasteiger partial charge >= 0.3 is 0 Å². The Morgan fingerprint density at radius 2 is 1.00 bits per heavy atom. The zero-order valence-electron chi connectivity index (χ0n) is 35.6. The molecule has 64 heavy (non-hydrogen) atoms. The number of para-hydroxylation sites is 2. The van der Waals surface area contributed by atoms with E-state index >= 15 is 0 Å². The lowest BCUT2D eigenvalue weighted by Gasteiger charge is -2.29. The van der Waals surface area contributed by atoms with E-state index in [9.17, 15) is 0 Å². The topological polar surface area (TPSA) is 8.17 Å². The maximum Gasteiger partial charge on any atom is 0.0543 e. The van der Waals surface area contributed by atoms with E-state index in [-0.39, 0.29) is 5.41 Å². The number of anilines is 3. The molecule has 10 aromatic carbocycles. The molecule has 2 nitrogen and oxygen atoms in total. The Balaban J connectivity index is 0.913. The van der Waals surface area contributed by atoms with Gasteiger partial charge in [-0.3, -0.25) is 0 Å².